The third-order valence-corrected chi connectivity index (χ3v) is 9.32. The van der Waals surface area contributed by atoms with E-state index in [2.05, 4.69) is 16.4 Å². The fourth-order valence-electron chi connectivity index (χ4n) is 6.93. The number of hydrogen-bond acceptors (Lipinski definition) is 3. The Kier molecular flexibility index (Phi) is 10.9. The van der Waals surface area contributed by atoms with Crippen molar-refractivity contribution in [3.63, 3.8) is 0 Å². The van der Waals surface area contributed by atoms with Gasteiger partial charge in [0, 0.05) is 12.1 Å². The summed E-state index contributed by atoms with van der Waals surface area (Å²) in [5, 5.41) is 0. The highest BCUT2D eigenvalue weighted by atomic mass is 19.4. The smallest absolute Gasteiger partial charge is 0.429 e. The van der Waals surface area contributed by atoms with Crippen LogP contribution in [0, 0.1) is 41.0 Å². The highest BCUT2D eigenvalue weighted by Gasteiger charge is 2.48. The number of rotatable bonds is 10. The van der Waals surface area contributed by atoms with Crippen molar-refractivity contribution in [2.45, 2.75) is 83.0 Å². The number of alkyl halides is 7. The van der Waals surface area contributed by atoms with Gasteiger partial charge in [0.05, 0.1) is 29.4 Å². The van der Waals surface area contributed by atoms with Crippen molar-refractivity contribution in [1.29, 1.82) is 0 Å². The van der Waals surface area contributed by atoms with E-state index in [1.165, 1.54) is 31.7 Å². The van der Waals surface area contributed by atoms with Crippen molar-refractivity contribution in [3.05, 3.63) is 88.5 Å². The Morgan fingerprint density at radius 2 is 1.27 bits per heavy atom. The van der Waals surface area contributed by atoms with Crippen LogP contribution in [0.5, 0.6) is 5.75 Å². The fraction of sp³-hybridized carbons (Fsp3) is 0.486. The van der Waals surface area contributed by atoms with Crippen LogP contribution in [0.4, 0.5) is 48.3 Å². The maximum atomic E-state index is 15.1. The van der Waals surface area contributed by atoms with Crippen LogP contribution < -0.4 is 4.74 Å². The van der Waals surface area contributed by atoms with Crippen LogP contribution in [0.15, 0.2) is 48.5 Å². The van der Waals surface area contributed by atoms with E-state index in [0.717, 1.165) is 37.3 Å². The first-order valence-corrected chi connectivity index (χ1v) is 15.9. The van der Waals surface area contributed by atoms with E-state index in [-0.39, 0.29) is 24.3 Å². The molecule has 2 atom stereocenters. The van der Waals surface area contributed by atoms with Gasteiger partial charge >= 0.3 is 18.6 Å². The molecule has 0 N–H and O–H groups in total. The summed E-state index contributed by atoms with van der Waals surface area (Å²) in [6.07, 6.45) is -7.36. The molecule has 3 aromatic carbocycles. The molecule has 1 aliphatic heterocycles. The van der Waals surface area contributed by atoms with Crippen molar-refractivity contribution >= 4 is 0 Å². The van der Waals surface area contributed by atoms with Crippen LogP contribution in [-0.4, -0.2) is 13.0 Å². The predicted octanol–water partition coefficient (Wildman–Crippen LogP) is 11.7. The van der Waals surface area contributed by atoms with Crippen molar-refractivity contribution in [2.75, 3.05) is 6.61 Å². The fourth-order valence-corrected chi connectivity index (χ4v) is 6.93. The van der Waals surface area contributed by atoms with E-state index in [9.17, 15) is 35.1 Å². The maximum Gasteiger partial charge on any atom is 0.527 e. The first-order valence-electron chi connectivity index (χ1n) is 15.9. The van der Waals surface area contributed by atoms with Gasteiger partial charge in [0.15, 0.2) is 0 Å². The van der Waals surface area contributed by atoms with Gasteiger partial charge in [-0.1, -0.05) is 44.7 Å². The molecule has 5 rings (SSSR count). The molecule has 0 spiro atoms. The lowest BCUT2D eigenvalue weighted by molar-refractivity contribution is -0.432. The van der Waals surface area contributed by atoms with Crippen molar-refractivity contribution in [2.24, 2.45) is 17.8 Å². The van der Waals surface area contributed by atoms with E-state index >= 15 is 13.2 Å². The van der Waals surface area contributed by atoms with Gasteiger partial charge in [-0.15, -0.1) is 13.2 Å². The highest BCUT2D eigenvalue weighted by molar-refractivity contribution is 5.66. The van der Waals surface area contributed by atoms with Crippen LogP contribution in [0.25, 0.3) is 11.1 Å². The molecule has 3 nitrogen and oxygen atoms in total. The van der Waals surface area contributed by atoms with E-state index in [1.54, 1.807) is 0 Å². The summed E-state index contributed by atoms with van der Waals surface area (Å²) in [6.45, 7) is 2.67. The zero-order valence-electron chi connectivity index (χ0n) is 26.2. The first-order chi connectivity index (χ1) is 23.0. The third-order valence-electron chi connectivity index (χ3n) is 9.32. The quantitative estimate of drug-likeness (QED) is 0.196. The number of ether oxygens (including phenoxy) is 3. The lowest BCUT2D eigenvalue weighted by atomic mass is 9.73. The van der Waals surface area contributed by atoms with Crippen LogP contribution in [0.3, 0.4) is 0 Å². The molecule has 1 saturated carbocycles. The Hall–Kier alpha value is -3.39. The maximum absolute atomic E-state index is 15.1. The van der Waals surface area contributed by atoms with E-state index in [4.69, 9.17) is 4.74 Å². The normalized spacial score (nSPS) is 22.3. The molecule has 0 radical (unpaired) electrons. The second-order valence-corrected chi connectivity index (χ2v) is 12.6. The molecule has 2 unspecified atom stereocenters. The average Bonchev–Trinajstić information content (AvgIpc) is 3.00. The zero-order chi connectivity index (χ0) is 35.7. The van der Waals surface area contributed by atoms with Crippen molar-refractivity contribution in [1.82, 2.24) is 0 Å². The van der Waals surface area contributed by atoms with Crippen LogP contribution >= 0.6 is 0 Å². The molecule has 1 heterocycles. The second-order valence-electron chi connectivity index (χ2n) is 12.6. The van der Waals surface area contributed by atoms with E-state index < -0.39 is 76.0 Å². The molecule has 0 amide bonds. The minimum absolute atomic E-state index is 0.116. The van der Waals surface area contributed by atoms with Gasteiger partial charge in [-0.2, -0.15) is 17.6 Å². The summed E-state index contributed by atoms with van der Waals surface area (Å²) in [6, 6.07) is 4.22. The largest absolute Gasteiger partial charge is 0.527 e. The van der Waals surface area contributed by atoms with Crippen LogP contribution in [0.2, 0.25) is 0 Å². The topological polar surface area (TPSA) is 27.7 Å². The summed E-state index contributed by atoms with van der Waals surface area (Å²) in [5.41, 5.74) is -4.59. The van der Waals surface area contributed by atoms with Crippen molar-refractivity contribution < 1.29 is 62.5 Å². The summed E-state index contributed by atoms with van der Waals surface area (Å²) in [7, 11) is 0. The van der Waals surface area contributed by atoms with E-state index in [1.807, 2.05) is 0 Å². The Bertz CT molecular complexity index is 1590. The molecule has 1 saturated heterocycles. The molecule has 0 aromatic heterocycles. The molecule has 2 fully saturated rings. The monoisotopic (exact) mass is 710 g/mol. The molecular weight excluding hydrogens is 677 g/mol. The SMILES string of the molecule is CCCC1CCC(C2CCC(c3ccc(C(F)(F)Oc4cc(F)c(-c5ccc(C(F)(F)OC(F)(F)F)c(F)c5)c(F)c4)c(F)c3)OC2)CC1. The van der Waals surface area contributed by atoms with Gasteiger partial charge in [0.25, 0.3) is 0 Å². The van der Waals surface area contributed by atoms with Gasteiger partial charge in [0.2, 0.25) is 0 Å². The molecule has 14 heteroatoms. The first kappa shape index (κ1) is 36.9. The predicted molar refractivity (Wildman–Crippen MR) is 155 cm³/mol. The highest BCUT2D eigenvalue weighted by Crippen LogP contribution is 2.43. The molecule has 3 aromatic rings. The Morgan fingerprint density at radius 3 is 1.82 bits per heavy atom. The van der Waals surface area contributed by atoms with E-state index in [0.29, 0.717) is 36.5 Å². The minimum Gasteiger partial charge on any atom is -0.429 e. The zero-order valence-corrected chi connectivity index (χ0v) is 26.2. The lowest BCUT2D eigenvalue weighted by Gasteiger charge is -2.38. The molecular formula is C35H33F11O3. The third kappa shape index (κ3) is 8.68. The Labute approximate surface area is 275 Å². The summed E-state index contributed by atoms with van der Waals surface area (Å²) < 4.78 is 167. The summed E-state index contributed by atoms with van der Waals surface area (Å²) >= 11 is 0. The number of hydrogen-bond donors (Lipinski definition) is 0. The van der Waals surface area contributed by atoms with Gasteiger partial charge in [-0.3, -0.25) is 0 Å². The van der Waals surface area contributed by atoms with Crippen LogP contribution in [-0.2, 0) is 21.7 Å². The lowest BCUT2D eigenvalue weighted by Crippen LogP contribution is -2.30. The Morgan fingerprint density at radius 1 is 0.673 bits per heavy atom. The molecule has 0 bridgehead atoms. The van der Waals surface area contributed by atoms with Gasteiger partial charge in [0.1, 0.15) is 29.0 Å². The molecule has 2 aliphatic rings. The van der Waals surface area contributed by atoms with Gasteiger partial charge < -0.3 is 9.47 Å². The molecule has 268 valence electrons. The summed E-state index contributed by atoms with van der Waals surface area (Å²) in [5.74, 6) is -5.96. The van der Waals surface area contributed by atoms with Gasteiger partial charge in [-0.05, 0) is 78.8 Å². The van der Waals surface area contributed by atoms with Gasteiger partial charge in [-0.25, -0.2) is 22.3 Å². The molecule has 49 heavy (non-hydrogen) atoms. The number of halogens is 11. The standard InChI is InChI=1S/C35H33F11O3/c1-2-3-19-4-6-20(7-5-19)23-10-13-31(47-18-23)21-8-11-25(27(36)14-21)33(40,41)48-24-16-29(38)32(30(39)17-24)22-9-12-26(28(37)15-22)34(42,43)49-35(44,45)46/h8-9,11-12,14-17,19-20,23,31H,2-7,10,13,18H2,1H3. The van der Waals surface area contributed by atoms with Crippen LogP contribution in [0.1, 0.15) is 81.1 Å². The molecule has 1 aliphatic carbocycles. The number of benzene rings is 3. The minimum atomic E-state index is -5.84. The Balaban J connectivity index is 1.25. The average molecular weight is 711 g/mol. The van der Waals surface area contributed by atoms with Crippen molar-refractivity contribution in [3.8, 4) is 16.9 Å². The summed E-state index contributed by atoms with van der Waals surface area (Å²) in [4.78, 5) is 0. The second kappa shape index (κ2) is 14.5.